The van der Waals surface area contributed by atoms with Gasteiger partial charge in [0.25, 0.3) is 5.91 Å². The number of carbonyl (C=O) groups is 1. The van der Waals surface area contributed by atoms with Crippen molar-refractivity contribution in [2.24, 2.45) is 5.10 Å². The fourth-order valence-electron chi connectivity index (χ4n) is 1.49. The largest absolute Gasteiger partial charge is 0.272 e. The topological polar surface area (TPSA) is 41.5 Å². The van der Waals surface area contributed by atoms with Crippen molar-refractivity contribution in [3.8, 4) is 0 Å². The zero-order valence-electron chi connectivity index (χ0n) is 10.1. The van der Waals surface area contributed by atoms with E-state index in [1.165, 1.54) is 6.21 Å². The minimum absolute atomic E-state index is 0.350. The van der Waals surface area contributed by atoms with E-state index in [0.29, 0.717) is 26.2 Å². The number of carbonyl (C=O) groups excluding carboxylic acids is 1. The minimum atomic E-state index is -0.398. The highest BCUT2D eigenvalue weighted by molar-refractivity contribution is 6.43. The number of hydrogen-bond donors (Lipinski definition) is 1. The number of amides is 1. The Hall–Kier alpha value is -1.55. The van der Waals surface area contributed by atoms with Crippen LogP contribution in [0.3, 0.4) is 0 Å². The van der Waals surface area contributed by atoms with E-state index in [0.717, 1.165) is 0 Å². The Bertz CT molecular complexity index is 671. The molecule has 2 rings (SSSR count). The molecule has 0 aliphatic carbocycles. The van der Waals surface area contributed by atoms with Gasteiger partial charge in [0.1, 0.15) is 0 Å². The number of nitrogens with zero attached hydrogens (tertiary/aromatic N) is 1. The molecule has 102 valence electrons. The zero-order chi connectivity index (χ0) is 14.5. The van der Waals surface area contributed by atoms with Crippen LogP contribution >= 0.6 is 34.8 Å². The smallest absolute Gasteiger partial charge is 0.267 e. The van der Waals surface area contributed by atoms with Gasteiger partial charge in [-0.3, -0.25) is 4.79 Å². The van der Waals surface area contributed by atoms with E-state index in [2.05, 4.69) is 10.5 Å². The predicted molar refractivity (Wildman–Crippen MR) is 83.0 cm³/mol. The second-order valence-corrected chi connectivity index (χ2v) is 5.01. The summed E-state index contributed by atoms with van der Waals surface area (Å²) in [6, 6.07) is 11.9. The molecule has 1 N–H and O–H groups in total. The molecular weight excluding hydrogens is 319 g/mol. The molecule has 2 aromatic rings. The first kappa shape index (κ1) is 14.9. The average Bonchev–Trinajstić information content (AvgIpc) is 2.44. The summed E-state index contributed by atoms with van der Waals surface area (Å²) in [5.74, 6) is -0.398. The highest BCUT2D eigenvalue weighted by Crippen LogP contribution is 2.24. The van der Waals surface area contributed by atoms with Crippen LogP contribution < -0.4 is 5.43 Å². The third-order valence-corrected chi connectivity index (χ3v) is 3.63. The van der Waals surface area contributed by atoms with Crippen LogP contribution in [0.2, 0.25) is 15.1 Å². The maximum Gasteiger partial charge on any atom is 0.272 e. The minimum Gasteiger partial charge on any atom is -0.267 e. The van der Waals surface area contributed by atoms with Gasteiger partial charge >= 0.3 is 0 Å². The second kappa shape index (κ2) is 6.75. The molecule has 6 heteroatoms. The molecule has 0 atom stereocenters. The fraction of sp³-hybridized carbons (Fsp3) is 0. The summed E-state index contributed by atoms with van der Waals surface area (Å²) >= 11 is 17.8. The standard InChI is InChI=1S/C14H9Cl3N2O/c15-11-6-2-1-5-10(11)14(20)19-18-8-9-4-3-7-12(16)13(9)17/h1-8H,(H,19,20)/b18-8-. The van der Waals surface area contributed by atoms with Gasteiger partial charge in [-0.2, -0.15) is 5.10 Å². The lowest BCUT2D eigenvalue weighted by atomic mass is 10.2. The number of hydrogen-bond acceptors (Lipinski definition) is 2. The Balaban J connectivity index is 2.09. The second-order valence-electron chi connectivity index (χ2n) is 3.82. The third kappa shape index (κ3) is 3.51. The van der Waals surface area contributed by atoms with E-state index in [9.17, 15) is 4.79 Å². The molecule has 0 unspecified atom stereocenters. The monoisotopic (exact) mass is 326 g/mol. The Morgan fingerprint density at radius 1 is 1.00 bits per heavy atom. The van der Waals surface area contributed by atoms with Crippen LogP contribution in [-0.4, -0.2) is 12.1 Å². The molecule has 0 saturated carbocycles. The predicted octanol–water partition coefficient (Wildman–Crippen LogP) is 4.41. The first-order chi connectivity index (χ1) is 9.59. The molecule has 1 amide bonds. The number of benzene rings is 2. The quantitative estimate of drug-likeness (QED) is 0.658. The van der Waals surface area contributed by atoms with Crippen molar-refractivity contribution in [1.82, 2.24) is 5.43 Å². The SMILES string of the molecule is O=C(N/N=C\c1cccc(Cl)c1Cl)c1ccccc1Cl. The molecule has 0 aromatic heterocycles. The van der Waals surface area contributed by atoms with Crippen molar-refractivity contribution < 1.29 is 4.79 Å². The van der Waals surface area contributed by atoms with E-state index in [1.54, 1.807) is 42.5 Å². The Morgan fingerprint density at radius 2 is 1.70 bits per heavy atom. The highest BCUT2D eigenvalue weighted by atomic mass is 35.5. The van der Waals surface area contributed by atoms with Crippen molar-refractivity contribution in [2.45, 2.75) is 0 Å². The molecule has 0 radical (unpaired) electrons. The number of halogens is 3. The molecule has 0 heterocycles. The normalized spacial score (nSPS) is 10.8. The van der Waals surface area contributed by atoms with Gasteiger partial charge in [-0.1, -0.05) is 59.1 Å². The molecule has 0 saturated heterocycles. The first-order valence-corrected chi connectivity index (χ1v) is 6.75. The molecule has 0 fully saturated rings. The van der Waals surface area contributed by atoms with Crippen molar-refractivity contribution in [1.29, 1.82) is 0 Å². The summed E-state index contributed by atoms with van der Waals surface area (Å²) in [7, 11) is 0. The van der Waals surface area contributed by atoms with Crippen LogP contribution in [0.15, 0.2) is 47.6 Å². The number of hydrazone groups is 1. The van der Waals surface area contributed by atoms with Gasteiger partial charge in [-0.25, -0.2) is 5.43 Å². The van der Waals surface area contributed by atoms with Crippen LogP contribution in [0.5, 0.6) is 0 Å². The Labute approximate surface area is 131 Å². The number of rotatable bonds is 3. The number of nitrogens with one attached hydrogen (secondary N) is 1. The van der Waals surface area contributed by atoms with Crippen LogP contribution in [0.4, 0.5) is 0 Å². The Kier molecular flexibility index (Phi) is 5.01. The average molecular weight is 328 g/mol. The maximum absolute atomic E-state index is 11.8. The lowest BCUT2D eigenvalue weighted by Crippen LogP contribution is -2.17. The van der Waals surface area contributed by atoms with E-state index in [-0.39, 0.29) is 0 Å². The van der Waals surface area contributed by atoms with Crippen molar-refractivity contribution in [3.63, 3.8) is 0 Å². The van der Waals surface area contributed by atoms with Gasteiger partial charge in [-0.05, 0) is 18.2 Å². The maximum atomic E-state index is 11.8. The highest BCUT2D eigenvalue weighted by Gasteiger charge is 2.08. The fourth-order valence-corrected chi connectivity index (χ4v) is 2.06. The van der Waals surface area contributed by atoms with Gasteiger partial charge in [-0.15, -0.1) is 0 Å². The van der Waals surface area contributed by atoms with Gasteiger partial charge in [0.2, 0.25) is 0 Å². The van der Waals surface area contributed by atoms with Gasteiger partial charge in [0, 0.05) is 5.56 Å². The lowest BCUT2D eigenvalue weighted by Gasteiger charge is -2.02. The van der Waals surface area contributed by atoms with Gasteiger partial charge in [0.05, 0.1) is 26.8 Å². The summed E-state index contributed by atoms with van der Waals surface area (Å²) < 4.78 is 0. The van der Waals surface area contributed by atoms with Gasteiger partial charge < -0.3 is 0 Å². The van der Waals surface area contributed by atoms with E-state index >= 15 is 0 Å². The van der Waals surface area contributed by atoms with Crippen molar-refractivity contribution in [3.05, 3.63) is 68.7 Å². The summed E-state index contributed by atoms with van der Waals surface area (Å²) in [5.41, 5.74) is 3.34. The van der Waals surface area contributed by atoms with Crippen molar-refractivity contribution in [2.75, 3.05) is 0 Å². The van der Waals surface area contributed by atoms with Crippen molar-refractivity contribution >= 4 is 46.9 Å². The molecule has 0 bridgehead atoms. The summed E-state index contributed by atoms with van der Waals surface area (Å²) in [5, 5.41) is 5.00. The summed E-state index contributed by atoms with van der Waals surface area (Å²) in [6.07, 6.45) is 1.42. The van der Waals surface area contributed by atoms with Gasteiger partial charge in [0.15, 0.2) is 0 Å². The van der Waals surface area contributed by atoms with E-state index in [4.69, 9.17) is 34.8 Å². The molecular formula is C14H9Cl3N2O. The van der Waals surface area contributed by atoms with E-state index < -0.39 is 5.91 Å². The van der Waals surface area contributed by atoms with Crippen LogP contribution in [0, 0.1) is 0 Å². The lowest BCUT2D eigenvalue weighted by molar-refractivity contribution is 0.0955. The molecule has 20 heavy (non-hydrogen) atoms. The summed E-state index contributed by atoms with van der Waals surface area (Å²) in [4.78, 5) is 11.8. The molecule has 0 spiro atoms. The Morgan fingerprint density at radius 3 is 2.45 bits per heavy atom. The third-order valence-electron chi connectivity index (χ3n) is 2.47. The summed E-state index contributed by atoms with van der Waals surface area (Å²) in [6.45, 7) is 0. The first-order valence-electron chi connectivity index (χ1n) is 5.61. The molecule has 3 nitrogen and oxygen atoms in total. The zero-order valence-corrected chi connectivity index (χ0v) is 12.4. The van der Waals surface area contributed by atoms with Crippen LogP contribution in [-0.2, 0) is 0 Å². The van der Waals surface area contributed by atoms with Crippen LogP contribution in [0.1, 0.15) is 15.9 Å². The molecule has 2 aromatic carbocycles. The van der Waals surface area contributed by atoms with Crippen LogP contribution in [0.25, 0.3) is 0 Å². The molecule has 0 aliphatic rings. The molecule has 0 aliphatic heterocycles. The van der Waals surface area contributed by atoms with E-state index in [1.807, 2.05) is 0 Å².